The van der Waals surface area contributed by atoms with E-state index in [1.807, 2.05) is 18.2 Å². The molecule has 0 atom stereocenters. The Kier molecular flexibility index (Phi) is 4.17. The van der Waals surface area contributed by atoms with Crippen LogP contribution in [0.25, 0.3) is 21.2 Å². The molecule has 2 aromatic carbocycles. The minimum Gasteiger partial charge on any atom is -0.423 e. The summed E-state index contributed by atoms with van der Waals surface area (Å²) in [6.07, 6.45) is 3.55. The summed E-state index contributed by atoms with van der Waals surface area (Å²) in [5.41, 5.74) is 2.73. The molecular weight excluding hydrogens is 356 g/mol. The van der Waals surface area contributed by atoms with Crippen LogP contribution in [-0.2, 0) is 6.42 Å². The molecule has 0 saturated carbocycles. The van der Waals surface area contributed by atoms with E-state index >= 15 is 0 Å². The highest BCUT2D eigenvalue weighted by atomic mass is 32.1. The third-order valence-electron chi connectivity index (χ3n) is 5.39. The van der Waals surface area contributed by atoms with E-state index in [-0.39, 0.29) is 5.63 Å². The summed E-state index contributed by atoms with van der Waals surface area (Å²) in [6, 6.07) is 17.9. The van der Waals surface area contributed by atoms with Crippen LogP contribution in [0, 0.1) is 5.92 Å². The second-order valence-corrected chi connectivity index (χ2v) is 8.17. The Hall–Kier alpha value is -2.66. The van der Waals surface area contributed by atoms with Gasteiger partial charge in [-0.25, -0.2) is 9.78 Å². The highest BCUT2D eigenvalue weighted by molar-refractivity contribution is 7.23. The van der Waals surface area contributed by atoms with Gasteiger partial charge < -0.3 is 9.32 Å². The monoisotopic (exact) mass is 376 g/mol. The van der Waals surface area contributed by atoms with E-state index < -0.39 is 0 Å². The number of hydrogen-bond acceptors (Lipinski definition) is 5. The first-order chi connectivity index (χ1) is 13.3. The van der Waals surface area contributed by atoms with Crippen LogP contribution in [-0.4, -0.2) is 18.1 Å². The van der Waals surface area contributed by atoms with Crippen molar-refractivity contribution in [3.05, 3.63) is 70.6 Å². The van der Waals surface area contributed by atoms with Gasteiger partial charge >= 0.3 is 5.63 Å². The average Bonchev–Trinajstić information content (AvgIpc) is 3.14. The predicted octanol–water partition coefficient (Wildman–Crippen LogP) is 4.86. The number of aromatic nitrogens is 1. The molecule has 5 rings (SSSR count). The molecule has 0 unspecified atom stereocenters. The van der Waals surface area contributed by atoms with Gasteiger partial charge in [0.05, 0.1) is 10.2 Å². The highest BCUT2D eigenvalue weighted by Crippen LogP contribution is 2.35. The Bertz CT molecular complexity index is 1140. The minimum absolute atomic E-state index is 0.313. The van der Waals surface area contributed by atoms with E-state index in [1.54, 1.807) is 11.3 Å². The molecule has 0 spiro atoms. The average molecular weight is 376 g/mol. The number of fused-ring (bicyclic) bond motifs is 3. The maximum Gasteiger partial charge on any atom is 0.336 e. The largest absolute Gasteiger partial charge is 0.423 e. The molecule has 1 saturated heterocycles. The van der Waals surface area contributed by atoms with E-state index in [0.717, 1.165) is 46.2 Å². The number of piperidine rings is 1. The SMILES string of the molecule is O=c1ccc2c(ccc3nc(N4CCC(Cc5ccccc5)CC4)sc32)o1. The summed E-state index contributed by atoms with van der Waals surface area (Å²) in [5.74, 6) is 0.744. The summed E-state index contributed by atoms with van der Waals surface area (Å²) in [5, 5.41) is 2.04. The lowest BCUT2D eigenvalue weighted by molar-refractivity contribution is 0.403. The predicted molar refractivity (Wildman–Crippen MR) is 111 cm³/mol. The minimum atomic E-state index is -0.313. The summed E-state index contributed by atoms with van der Waals surface area (Å²) < 4.78 is 6.40. The normalized spacial score (nSPS) is 15.6. The van der Waals surface area contributed by atoms with Crippen LogP contribution in [0.5, 0.6) is 0 Å². The fourth-order valence-electron chi connectivity index (χ4n) is 3.93. The molecule has 0 amide bonds. The summed E-state index contributed by atoms with van der Waals surface area (Å²) in [7, 11) is 0. The fraction of sp³-hybridized carbons (Fsp3) is 0.273. The third kappa shape index (κ3) is 3.23. The van der Waals surface area contributed by atoms with Gasteiger partial charge in [0.2, 0.25) is 0 Å². The molecule has 5 heteroatoms. The lowest BCUT2D eigenvalue weighted by Crippen LogP contribution is -2.34. The van der Waals surface area contributed by atoms with Crippen molar-refractivity contribution in [2.75, 3.05) is 18.0 Å². The van der Waals surface area contributed by atoms with Crippen molar-refractivity contribution < 1.29 is 4.42 Å². The highest BCUT2D eigenvalue weighted by Gasteiger charge is 2.22. The van der Waals surface area contributed by atoms with Crippen LogP contribution >= 0.6 is 11.3 Å². The van der Waals surface area contributed by atoms with Crippen molar-refractivity contribution in [3.63, 3.8) is 0 Å². The number of benzene rings is 2. The molecule has 27 heavy (non-hydrogen) atoms. The van der Waals surface area contributed by atoms with E-state index in [4.69, 9.17) is 9.40 Å². The molecule has 0 N–H and O–H groups in total. The molecule has 0 aliphatic carbocycles. The van der Waals surface area contributed by atoms with Gasteiger partial charge in [-0.05, 0) is 48.9 Å². The first-order valence-corrected chi connectivity index (χ1v) is 10.2. The van der Waals surface area contributed by atoms with Gasteiger partial charge in [-0.2, -0.15) is 0 Å². The van der Waals surface area contributed by atoms with Crippen molar-refractivity contribution in [1.29, 1.82) is 0 Å². The van der Waals surface area contributed by atoms with Crippen LogP contribution < -0.4 is 10.5 Å². The Morgan fingerprint density at radius 2 is 1.85 bits per heavy atom. The van der Waals surface area contributed by atoms with Gasteiger partial charge in [0.1, 0.15) is 5.58 Å². The maximum atomic E-state index is 11.4. The van der Waals surface area contributed by atoms with Gasteiger partial charge in [-0.3, -0.25) is 0 Å². The quantitative estimate of drug-likeness (QED) is 0.479. The molecule has 1 aliphatic rings. The van der Waals surface area contributed by atoms with Gasteiger partial charge in [0, 0.05) is 24.5 Å². The van der Waals surface area contributed by atoms with E-state index in [9.17, 15) is 4.79 Å². The molecular formula is C22H20N2O2S. The molecule has 2 aromatic heterocycles. The molecule has 3 heterocycles. The Morgan fingerprint density at radius 3 is 2.67 bits per heavy atom. The van der Waals surface area contributed by atoms with Gasteiger partial charge in [-0.1, -0.05) is 41.7 Å². The molecule has 4 nitrogen and oxygen atoms in total. The topological polar surface area (TPSA) is 46.3 Å². The molecule has 136 valence electrons. The Morgan fingerprint density at radius 1 is 1.04 bits per heavy atom. The summed E-state index contributed by atoms with van der Waals surface area (Å²) >= 11 is 1.70. The van der Waals surface area contributed by atoms with Crippen molar-refractivity contribution in [2.45, 2.75) is 19.3 Å². The first-order valence-electron chi connectivity index (χ1n) is 9.38. The number of rotatable bonds is 3. The van der Waals surface area contributed by atoms with E-state index in [1.165, 1.54) is 24.5 Å². The van der Waals surface area contributed by atoms with Gasteiger partial charge in [0.25, 0.3) is 0 Å². The second-order valence-electron chi connectivity index (χ2n) is 7.20. The van der Waals surface area contributed by atoms with Crippen LogP contribution in [0.3, 0.4) is 0 Å². The Balaban J connectivity index is 1.36. The fourth-order valence-corrected chi connectivity index (χ4v) is 5.07. The number of hydrogen-bond donors (Lipinski definition) is 0. The van der Waals surface area contributed by atoms with Crippen molar-refractivity contribution in [3.8, 4) is 0 Å². The summed E-state index contributed by atoms with van der Waals surface area (Å²) in [4.78, 5) is 18.7. The lowest BCUT2D eigenvalue weighted by Gasteiger charge is -2.31. The van der Waals surface area contributed by atoms with Crippen LogP contribution in [0.2, 0.25) is 0 Å². The van der Waals surface area contributed by atoms with Crippen LogP contribution in [0.1, 0.15) is 18.4 Å². The number of nitrogens with zero attached hydrogens (tertiary/aromatic N) is 2. The van der Waals surface area contributed by atoms with E-state index in [0.29, 0.717) is 5.58 Å². The van der Waals surface area contributed by atoms with Gasteiger partial charge in [-0.15, -0.1) is 0 Å². The molecule has 0 radical (unpaired) electrons. The molecule has 1 aliphatic heterocycles. The zero-order valence-corrected chi connectivity index (χ0v) is 15.7. The zero-order chi connectivity index (χ0) is 18.2. The first kappa shape index (κ1) is 16.5. The molecule has 0 bridgehead atoms. The zero-order valence-electron chi connectivity index (χ0n) is 14.9. The number of thiazole rings is 1. The molecule has 4 aromatic rings. The summed E-state index contributed by atoms with van der Waals surface area (Å²) in [6.45, 7) is 2.09. The Labute approximate surface area is 161 Å². The maximum absolute atomic E-state index is 11.4. The van der Waals surface area contributed by atoms with Crippen molar-refractivity contribution in [1.82, 2.24) is 4.98 Å². The second kappa shape index (κ2) is 6.82. The van der Waals surface area contributed by atoms with Crippen LogP contribution in [0.15, 0.2) is 63.8 Å². The van der Waals surface area contributed by atoms with Crippen molar-refractivity contribution in [2.24, 2.45) is 5.92 Å². The number of anilines is 1. The third-order valence-corrected chi connectivity index (χ3v) is 6.56. The standard InChI is InChI=1S/C22H20N2O2S/c25-20-9-6-17-19(26-20)8-7-18-21(17)27-22(23-18)24-12-10-16(11-13-24)14-15-4-2-1-3-5-15/h1-9,16H,10-14H2. The van der Waals surface area contributed by atoms with E-state index in [2.05, 4.69) is 35.2 Å². The van der Waals surface area contributed by atoms with Crippen molar-refractivity contribution >= 4 is 37.7 Å². The molecule has 1 fully saturated rings. The van der Waals surface area contributed by atoms with Crippen LogP contribution in [0.4, 0.5) is 5.13 Å². The lowest BCUT2D eigenvalue weighted by atomic mass is 9.90. The smallest absolute Gasteiger partial charge is 0.336 e. The van der Waals surface area contributed by atoms with Gasteiger partial charge in [0.15, 0.2) is 5.13 Å².